The molecular formula is C20H25N3O2. The normalized spacial score (nSPS) is 24.4. The Labute approximate surface area is 148 Å². The van der Waals surface area contributed by atoms with E-state index in [1.165, 1.54) is 0 Å². The van der Waals surface area contributed by atoms with Crippen molar-refractivity contribution < 1.29 is 9.21 Å². The highest BCUT2D eigenvalue weighted by atomic mass is 16.3. The van der Waals surface area contributed by atoms with Gasteiger partial charge in [-0.1, -0.05) is 6.07 Å². The summed E-state index contributed by atoms with van der Waals surface area (Å²) < 4.78 is 5.72. The summed E-state index contributed by atoms with van der Waals surface area (Å²) >= 11 is 0. The number of amides is 1. The fourth-order valence-electron chi connectivity index (χ4n) is 4.29. The maximum atomic E-state index is 13.1. The maximum Gasteiger partial charge on any atom is 0.230 e. The van der Waals surface area contributed by atoms with E-state index in [9.17, 15) is 4.79 Å². The van der Waals surface area contributed by atoms with Crippen molar-refractivity contribution >= 4 is 5.91 Å². The third kappa shape index (κ3) is 3.33. The van der Waals surface area contributed by atoms with Crippen LogP contribution < -0.4 is 0 Å². The lowest BCUT2D eigenvalue weighted by Gasteiger charge is -2.38. The second kappa shape index (κ2) is 6.64. The van der Waals surface area contributed by atoms with E-state index in [1.807, 2.05) is 42.3 Å². The molecule has 25 heavy (non-hydrogen) atoms. The molecule has 2 fully saturated rings. The summed E-state index contributed by atoms with van der Waals surface area (Å²) in [6.45, 7) is 6.17. The summed E-state index contributed by atoms with van der Waals surface area (Å²) in [5, 5.41) is 0. The lowest BCUT2D eigenvalue weighted by molar-refractivity contribution is -0.139. The molecule has 4 rings (SSSR count). The highest BCUT2D eigenvalue weighted by molar-refractivity contribution is 5.85. The number of aryl methyl sites for hydroxylation is 1. The van der Waals surface area contributed by atoms with Gasteiger partial charge < -0.3 is 9.32 Å². The summed E-state index contributed by atoms with van der Waals surface area (Å²) in [5.41, 5.74) is 0.897. The second-order valence-electron chi connectivity index (χ2n) is 7.44. The Morgan fingerprint density at radius 3 is 2.88 bits per heavy atom. The van der Waals surface area contributed by atoms with Crippen LogP contribution in [-0.2, 0) is 17.9 Å². The molecule has 132 valence electrons. The predicted molar refractivity (Wildman–Crippen MR) is 94.7 cm³/mol. The summed E-state index contributed by atoms with van der Waals surface area (Å²) in [6, 6.07) is 8.02. The quantitative estimate of drug-likeness (QED) is 0.859. The minimum atomic E-state index is -0.206. The summed E-state index contributed by atoms with van der Waals surface area (Å²) in [5.74, 6) is 2.25. The van der Waals surface area contributed by atoms with Gasteiger partial charge in [-0.05, 0) is 56.5 Å². The molecule has 0 saturated carbocycles. The second-order valence-corrected chi connectivity index (χ2v) is 7.44. The average molecular weight is 339 g/mol. The Bertz CT molecular complexity index is 742. The standard InChI is InChI=1S/C20H25N3O2/c1-16-5-6-18(25-16)14-22-10-3-7-20(15-22)8-11-23(19(20)24)13-17-4-2-9-21-12-17/h2,4-6,9,12H,3,7-8,10-11,13-15H2,1H3/t20-/m1/s1. The Balaban J connectivity index is 1.43. The highest BCUT2D eigenvalue weighted by Gasteiger charge is 2.48. The zero-order valence-corrected chi connectivity index (χ0v) is 14.8. The smallest absolute Gasteiger partial charge is 0.230 e. The Morgan fingerprint density at radius 2 is 2.12 bits per heavy atom. The van der Waals surface area contributed by atoms with Crippen molar-refractivity contribution in [2.45, 2.75) is 39.3 Å². The van der Waals surface area contributed by atoms with Crippen LogP contribution in [0.5, 0.6) is 0 Å². The number of carbonyl (C=O) groups is 1. The molecule has 5 nitrogen and oxygen atoms in total. The topological polar surface area (TPSA) is 49.6 Å². The molecule has 0 aromatic carbocycles. The van der Waals surface area contributed by atoms with Gasteiger partial charge in [0, 0.05) is 32.0 Å². The number of furan rings is 1. The van der Waals surface area contributed by atoms with Gasteiger partial charge in [0.15, 0.2) is 0 Å². The number of nitrogens with zero attached hydrogens (tertiary/aromatic N) is 3. The van der Waals surface area contributed by atoms with E-state index in [1.54, 1.807) is 6.20 Å². The molecule has 0 radical (unpaired) electrons. The lowest BCUT2D eigenvalue weighted by Crippen LogP contribution is -2.47. The van der Waals surface area contributed by atoms with Gasteiger partial charge >= 0.3 is 0 Å². The van der Waals surface area contributed by atoms with Crippen molar-refractivity contribution in [3.63, 3.8) is 0 Å². The first-order valence-electron chi connectivity index (χ1n) is 9.11. The zero-order valence-electron chi connectivity index (χ0n) is 14.8. The van der Waals surface area contributed by atoms with Crippen molar-refractivity contribution in [1.29, 1.82) is 0 Å². The van der Waals surface area contributed by atoms with Crippen LogP contribution >= 0.6 is 0 Å². The molecule has 2 aromatic rings. The van der Waals surface area contributed by atoms with Crippen molar-refractivity contribution in [2.75, 3.05) is 19.6 Å². The molecule has 4 heterocycles. The van der Waals surface area contributed by atoms with Crippen LogP contribution in [0.1, 0.15) is 36.3 Å². The summed E-state index contributed by atoms with van der Waals surface area (Å²) in [4.78, 5) is 21.7. The number of hydrogen-bond donors (Lipinski definition) is 0. The largest absolute Gasteiger partial charge is 0.465 e. The van der Waals surface area contributed by atoms with Crippen molar-refractivity contribution in [3.8, 4) is 0 Å². The molecule has 0 aliphatic carbocycles. The molecule has 1 atom stereocenters. The summed E-state index contributed by atoms with van der Waals surface area (Å²) in [6.07, 6.45) is 6.66. The molecule has 5 heteroatoms. The van der Waals surface area contributed by atoms with Crippen LogP contribution in [-0.4, -0.2) is 40.3 Å². The molecular weight excluding hydrogens is 314 g/mol. The average Bonchev–Trinajstić information content (AvgIpc) is 3.15. The first kappa shape index (κ1) is 16.3. The van der Waals surface area contributed by atoms with E-state index in [-0.39, 0.29) is 5.41 Å². The van der Waals surface area contributed by atoms with Crippen molar-refractivity contribution in [2.24, 2.45) is 5.41 Å². The number of likely N-dealkylation sites (tertiary alicyclic amines) is 2. The SMILES string of the molecule is Cc1ccc(CN2CCC[C@@]3(CCN(Cc4cccnc4)C3=O)C2)o1. The van der Waals surface area contributed by atoms with Crippen LogP contribution in [0.2, 0.25) is 0 Å². The Kier molecular flexibility index (Phi) is 4.34. The third-order valence-corrected chi connectivity index (χ3v) is 5.53. The van der Waals surface area contributed by atoms with Gasteiger partial charge in [0.1, 0.15) is 11.5 Å². The van der Waals surface area contributed by atoms with Crippen LogP contribution in [0.25, 0.3) is 0 Å². The van der Waals surface area contributed by atoms with Gasteiger partial charge in [-0.25, -0.2) is 0 Å². The minimum absolute atomic E-state index is 0.206. The number of hydrogen-bond acceptors (Lipinski definition) is 4. The number of carbonyl (C=O) groups excluding carboxylic acids is 1. The monoisotopic (exact) mass is 339 g/mol. The molecule has 2 aliphatic rings. The third-order valence-electron chi connectivity index (χ3n) is 5.53. The van der Waals surface area contributed by atoms with Crippen LogP contribution in [0.4, 0.5) is 0 Å². The van der Waals surface area contributed by atoms with Gasteiger partial charge in [-0.3, -0.25) is 14.7 Å². The first-order chi connectivity index (χ1) is 12.1. The highest BCUT2D eigenvalue weighted by Crippen LogP contribution is 2.41. The lowest BCUT2D eigenvalue weighted by atomic mass is 9.78. The molecule has 0 unspecified atom stereocenters. The van der Waals surface area contributed by atoms with Gasteiger partial charge in [0.2, 0.25) is 5.91 Å². The van der Waals surface area contributed by atoms with Crippen LogP contribution in [0.3, 0.4) is 0 Å². The number of pyridine rings is 1. The molecule has 0 N–H and O–H groups in total. The molecule has 2 aliphatic heterocycles. The van der Waals surface area contributed by atoms with Crippen LogP contribution in [0.15, 0.2) is 41.1 Å². The van der Waals surface area contributed by atoms with Gasteiger partial charge in [-0.2, -0.15) is 0 Å². The number of aromatic nitrogens is 1. The van der Waals surface area contributed by atoms with Gasteiger partial charge in [-0.15, -0.1) is 0 Å². The van der Waals surface area contributed by atoms with Gasteiger partial charge in [0.05, 0.1) is 12.0 Å². The van der Waals surface area contributed by atoms with E-state index >= 15 is 0 Å². The van der Waals surface area contributed by atoms with Crippen LogP contribution in [0, 0.1) is 12.3 Å². The molecule has 1 amide bonds. The molecule has 2 saturated heterocycles. The predicted octanol–water partition coefficient (Wildman–Crippen LogP) is 3.00. The van der Waals surface area contributed by atoms with E-state index in [2.05, 4.69) is 9.88 Å². The first-order valence-corrected chi connectivity index (χ1v) is 9.11. The minimum Gasteiger partial charge on any atom is -0.465 e. The summed E-state index contributed by atoms with van der Waals surface area (Å²) in [7, 11) is 0. The van der Waals surface area contributed by atoms with Crippen molar-refractivity contribution in [1.82, 2.24) is 14.8 Å². The van der Waals surface area contributed by atoms with Crippen molar-refractivity contribution in [3.05, 3.63) is 53.7 Å². The van der Waals surface area contributed by atoms with E-state index < -0.39 is 0 Å². The van der Waals surface area contributed by atoms with E-state index in [0.717, 1.165) is 62.5 Å². The Morgan fingerprint density at radius 1 is 1.20 bits per heavy atom. The molecule has 2 aromatic heterocycles. The van der Waals surface area contributed by atoms with E-state index in [0.29, 0.717) is 12.5 Å². The van der Waals surface area contributed by atoms with Gasteiger partial charge in [0.25, 0.3) is 0 Å². The Hall–Kier alpha value is -2.14. The zero-order chi connectivity index (χ0) is 17.3. The maximum absolute atomic E-state index is 13.1. The van der Waals surface area contributed by atoms with E-state index in [4.69, 9.17) is 4.42 Å². The number of rotatable bonds is 4. The molecule has 1 spiro atoms. The fraction of sp³-hybridized carbons (Fsp3) is 0.500. The fourth-order valence-corrected chi connectivity index (χ4v) is 4.29. The molecule has 0 bridgehead atoms. The number of piperidine rings is 1.